The van der Waals surface area contributed by atoms with Crippen LogP contribution in [0.3, 0.4) is 0 Å². The highest BCUT2D eigenvalue weighted by Gasteiger charge is 2.31. The van der Waals surface area contributed by atoms with E-state index in [0.29, 0.717) is 16.0 Å². The third-order valence-corrected chi connectivity index (χ3v) is 7.47. The molecule has 1 atom stereocenters. The average Bonchev–Trinajstić information content (AvgIpc) is 3.42. The van der Waals surface area contributed by atoms with Crippen molar-refractivity contribution in [1.82, 2.24) is 4.98 Å². The van der Waals surface area contributed by atoms with Crippen molar-refractivity contribution in [3.8, 4) is 0 Å². The van der Waals surface area contributed by atoms with Crippen LogP contribution in [0.2, 0.25) is 4.34 Å². The van der Waals surface area contributed by atoms with Crippen LogP contribution in [-0.4, -0.2) is 9.54 Å². The molecule has 0 amide bonds. The van der Waals surface area contributed by atoms with Crippen LogP contribution in [0.25, 0.3) is 0 Å². The van der Waals surface area contributed by atoms with Gasteiger partial charge in [0.15, 0.2) is 11.0 Å². The second-order valence-corrected chi connectivity index (χ2v) is 9.43. The number of hydrogen-bond donors (Lipinski definition) is 0. The maximum atomic E-state index is 13.3. The second-order valence-electron chi connectivity index (χ2n) is 6.27. The van der Waals surface area contributed by atoms with E-state index in [9.17, 15) is 4.55 Å². The van der Waals surface area contributed by atoms with Crippen molar-refractivity contribution >= 4 is 34.1 Å². The SMILES string of the molecule is [O-][S+](Cc1nc(C2CC2)sc1Cl)C(c1ccccc1)c1ccccc1. The first-order valence-corrected chi connectivity index (χ1v) is 10.9. The van der Waals surface area contributed by atoms with E-state index in [1.165, 1.54) is 12.8 Å². The Kier molecular flexibility index (Phi) is 5.13. The largest absolute Gasteiger partial charge is 0.615 e. The molecule has 25 heavy (non-hydrogen) atoms. The summed E-state index contributed by atoms with van der Waals surface area (Å²) < 4.78 is 14.0. The molecular formula is C20H18ClNOS2. The number of thiazole rings is 1. The Hall–Kier alpha value is -1.33. The summed E-state index contributed by atoms with van der Waals surface area (Å²) in [5.74, 6) is 0.958. The number of halogens is 1. The zero-order valence-electron chi connectivity index (χ0n) is 13.6. The molecule has 0 spiro atoms. The van der Waals surface area contributed by atoms with E-state index in [2.05, 4.69) is 4.98 Å². The maximum Gasteiger partial charge on any atom is 0.166 e. The zero-order chi connectivity index (χ0) is 17.2. The van der Waals surface area contributed by atoms with Crippen LogP contribution < -0.4 is 0 Å². The molecule has 3 aromatic rings. The van der Waals surface area contributed by atoms with Gasteiger partial charge in [-0.1, -0.05) is 72.3 Å². The van der Waals surface area contributed by atoms with E-state index in [1.54, 1.807) is 11.3 Å². The summed E-state index contributed by atoms with van der Waals surface area (Å²) in [7, 11) is 0. The summed E-state index contributed by atoms with van der Waals surface area (Å²) in [6.45, 7) is 0. The summed E-state index contributed by atoms with van der Waals surface area (Å²) in [4.78, 5) is 4.68. The minimum atomic E-state index is -1.14. The van der Waals surface area contributed by atoms with Crippen molar-refractivity contribution < 1.29 is 4.55 Å². The van der Waals surface area contributed by atoms with Crippen molar-refractivity contribution in [3.63, 3.8) is 0 Å². The smallest absolute Gasteiger partial charge is 0.166 e. The highest BCUT2D eigenvalue weighted by molar-refractivity contribution is 7.91. The van der Waals surface area contributed by atoms with Crippen LogP contribution in [-0.2, 0) is 16.9 Å². The lowest BCUT2D eigenvalue weighted by Gasteiger charge is -2.22. The minimum Gasteiger partial charge on any atom is -0.615 e. The van der Waals surface area contributed by atoms with Gasteiger partial charge in [-0.15, -0.1) is 11.3 Å². The van der Waals surface area contributed by atoms with Gasteiger partial charge in [0.2, 0.25) is 0 Å². The van der Waals surface area contributed by atoms with E-state index in [0.717, 1.165) is 21.8 Å². The fourth-order valence-electron chi connectivity index (χ4n) is 2.91. The van der Waals surface area contributed by atoms with Gasteiger partial charge in [-0.25, -0.2) is 4.98 Å². The van der Waals surface area contributed by atoms with Gasteiger partial charge in [0.25, 0.3) is 0 Å². The van der Waals surface area contributed by atoms with E-state index in [4.69, 9.17) is 11.6 Å². The molecule has 1 heterocycles. The van der Waals surface area contributed by atoms with Crippen molar-refractivity contribution in [2.24, 2.45) is 0 Å². The molecule has 1 unspecified atom stereocenters. The Labute approximate surface area is 160 Å². The zero-order valence-corrected chi connectivity index (χ0v) is 16.0. The molecule has 0 N–H and O–H groups in total. The number of rotatable bonds is 6. The van der Waals surface area contributed by atoms with Crippen LogP contribution in [0.1, 0.15) is 45.8 Å². The Morgan fingerprint density at radius 3 is 2.12 bits per heavy atom. The van der Waals surface area contributed by atoms with Gasteiger partial charge in [-0.2, -0.15) is 0 Å². The molecule has 0 bridgehead atoms. The molecular weight excluding hydrogens is 370 g/mol. The predicted octanol–water partition coefficient (Wildman–Crippen LogP) is 5.71. The second kappa shape index (κ2) is 7.50. The first kappa shape index (κ1) is 17.1. The highest BCUT2D eigenvalue weighted by atomic mass is 35.5. The number of hydrogen-bond acceptors (Lipinski definition) is 3. The average molecular weight is 388 g/mol. The van der Waals surface area contributed by atoms with Crippen LogP contribution in [0.4, 0.5) is 0 Å². The third kappa shape index (κ3) is 3.93. The molecule has 0 saturated heterocycles. The van der Waals surface area contributed by atoms with Crippen LogP contribution in [0, 0.1) is 0 Å². The van der Waals surface area contributed by atoms with Crippen molar-refractivity contribution in [1.29, 1.82) is 0 Å². The first-order valence-electron chi connectivity index (χ1n) is 8.34. The van der Waals surface area contributed by atoms with E-state index >= 15 is 0 Å². The fourth-order valence-corrected chi connectivity index (χ4v) is 5.97. The molecule has 2 aromatic carbocycles. The minimum absolute atomic E-state index is 0.176. The third-order valence-electron chi connectivity index (χ3n) is 4.34. The lowest BCUT2D eigenvalue weighted by atomic mass is 10.0. The standard InChI is InChI=1S/C20H18ClNOS2/c21-19-17(22-20(24-19)16-11-12-16)13-25(23)18(14-7-3-1-4-8-14)15-9-5-2-6-10-15/h1-10,16,18H,11-13H2. The number of nitrogens with zero attached hydrogens (tertiary/aromatic N) is 1. The van der Waals surface area contributed by atoms with Gasteiger partial charge in [-0.05, 0) is 24.0 Å². The van der Waals surface area contributed by atoms with E-state index < -0.39 is 11.2 Å². The number of benzene rings is 2. The van der Waals surface area contributed by atoms with Crippen molar-refractivity contribution in [2.75, 3.05) is 0 Å². The Bertz CT molecular complexity index is 794. The number of aromatic nitrogens is 1. The first-order chi connectivity index (χ1) is 12.2. The summed E-state index contributed by atoms with van der Waals surface area (Å²) in [5.41, 5.74) is 2.89. The Morgan fingerprint density at radius 2 is 1.60 bits per heavy atom. The molecule has 1 saturated carbocycles. The van der Waals surface area contributed by atoms with Gasteiger partial charge >= 0.3 is 0 Å². The molecule has 0 radical (unpaired) electrons. The molecule has 1 aliphatic carbocycles. The van der Waals surface area contributed by atoms with Crippen molar-refractivity contribution in [3.05, 3.63) is 86.8 Å². The van der Waals surface area contributed by atoms with Crippen LogP contribution >= 0.6 is 22.9 Å². The molecule has 4 rings (SSSR count). The topological polar surface area (TPSA) is 36.0 Å². The summed E-state index contributed by atoms with van der Waals surface area (Å²) >= 11 is 6.79. The normalized spacial score (nSPS) is 15.5. The van der Waals surface area contributed by atoms with Gasteiger partial charge in [0, 0.05) is 17.0 Å². The molecule has 1 fully saturated rings. The molecule has 128 valence electrons. The van der Waals surface area contributed by atoms with Gasteiger partial charge < -0.3 is 4.55 Å². The van der Waals surface area contributed by atoms with E-state index in [-0.39, 0.29) is 5.25 Å². The van der Waals surface area contributed by atoms with Crippen LogP contribution in [0.5, 0.6) is 0 Å². The lowest BCUT2D eigenvalue weighted by Crippen LogP contribution is -2.17. The van der Waals surface area contributed by atoms with Gasteiger partial charge in [-0.3, -0.25) is 0 Å². The summed E-state index contributed by atoms with van der Waals surface area (Å²) in [5, 5.41) is 0.928. The summed E-state index contributed by atoms with van der Waals surface area (Å²) in [6, 6.07) is 20.1. The van der Waals surface area contributed by atoms with Gasteiger partial charge in [0.05, 0.1) is 5.01 Å². The molecule has 2 nitrogen and oxygen atoms in total. The summed E-state index contributed by atoms with van der Waals surface area (Å²) in [6.07, 6.45) is 2.39. The monoisotopic (exact) mass is 387 g/mol. The molecule has 5 heteroatoms. The fraction of sp³-hybridized carbons (Fsp3) is 0.250. The quantitative estimate of drug-likeness (QED) is 0.507. The molecule has 1 aromatic heterocycles. The highest BCUT2D eigenvalue weighted by Crippen LogP contribution is 2.44. The predicted molar refractivity (Wildman–Crippen MR) is 106 cm³/mol. The lowest BCUT2D eigenvalue weighted by molar-refractivity contribution is 0.586. The Morgan fingerprint density at radius 1 is 1.04 bits per heavy atom. The van der Waals surface area contributed by atoms with Crippen molar-refractivity contribution in [2.45, 2.75) is 29.8 Å². The molecule has 0 aliphatic heterocycles. The maximum absolute atomic E-state index is 13.3. The molecule has 1 aliphatic rings. The van der Waals surface area contributed by atoms with E-state index in [1.807, 2.05) is 60.7 Å². The Balaban J connectivity index is 1.63. The van der Waals surface area contributed by atoms with Gasteiger partial charge in [0.1, 0.15) is 10.0 Å². The van der Waals surface area contributed by atoms with Crippen LogP contribution in [0.15, 0.2) is 60.7 Å².